The second-order valence-electron chi connectivity index (χ2n) is 3.97. The van der Waals surface area contributed by atoms with Crippen LogP contribution < -0.4 is 11.1 Å². The quantitative estimate of drug-likeness (QED) is 0.841. The van der Waals surface area contributed by atoms with Gasteiger partial charge in [0.15, 0.2) is 5.11 Å². The summed E-state index contributed by atoms with van der Waals surface area (Å²) in [6.45, 7) is 1.83. The van der Waals surface area contributed by atoms with E-state index in [0.29, 0.717) is 11.9 Å². The molecule has 0 amide bonds. The van der Waals surface area contributed by atoms with E-state index in [4.69, 9.17) is 18.0 Å². The molecule has 0 atom stereocenters. The third kappa shape index (κ3) is 3.20. The number of hydrogen-bond donors (Lipinski definition) is 2. The molecule has 0 radical (unpaired) electrons. The first-order valence-corrected chi connectivity index (χ1v) is 8.50. The molecule has 0 unspecified atom stereocenters. The predicted molar refractivity (Wildman–Crippen MR) is 82.4 cm³/mol. The molecule has 1 aromatic carbocycles. The number of benzene rings is 1. The van der Waals surface area contributed by atoms with E-state index in [1.807, 2.05) is 6.92 Å². The molecule has 0 saturated heterocycles. The van der Waals surface area contributed by atoms with Crippen LogP contribution in [-0.4, -0.2) is 24.3 Å². The Balaban J connectivity index is 2.43. The van der Waals surface area contributed by atoms with Gasteiger partial charge in [-0.05, 0) is 36.8 Å². The van der Waals surface area contributed by atoms with Crippen LogP contribution in [0.2, 0.25) is 0 Å². The molecule has 0 spiro atoms. The lowest BCUT2D eigenvalue weighted by molar-refractivity contribution is 0.594. The molecule has 2 rings (SSSR count). The second-order valence-corrected chi connectivity index (χ2v) is 7.72. The Kier molecular flexibility index (Phi) is 4.02. The molecule has 0 saturated carbocycles. The Labute approximate surface area is 120 Å². The highest BCUT2D eigenvalue weighted by atomic mass is 32.2. The number of thiocarbonyl (C=S) groups is 1. The summed E-state index contributed by atoms with van der Waals surface area (Å²) in [7, 11) is -3.27. The lowest BCUT2D eigenvalue weighted by Crippen LogP contribution is -2.18. The minimum Gasteiger partial charge on any atom is -0.376 e. The Morgan fingerprint density at radius 2 is 2.26 bits per heavy atom. The summed E-state index contributed by atoms with van der Waals surface area (Å²) in [5, 5.41) is 2.98. The number of thiazole rings is 1. The number of nitrogens with two attached hydrogens (primary N) is 1. The van der Waals surface area contributed by atoms with Gasteiger partial charge in [0.1, 0.15) is 0 Å². The van der Waals surface area contributed by atoms with Gasteiger partial charge in [0.25, 0.3) is 0 Å². The van der Waals surface area contributed by atoms with E-state index in [0.717, 1.165) is 21.7 Å². The number of fused-ring (bicyclic) bond motifs is 1. The smallest absolute Gasteiger partial charge is 0.210 e. The van der Waals surface area contributed by atoms with Gasteiger partial charge < -0.3 is 11.1 Å². The van der Waals surface area contributed by atoms with E-state index in [1.165, 1.54) is 0 Å². The molecule has 2 aromatic rings. The molecule has 3 N–H and O–H groups in total. The monoisotopic (exact) mass is 315 g/mol. The SMILES string of the molecule is CCCS(=O)(=O)c1nc2ccc(NC(N)=S)cc2s1. The summed E-state index contributed by atoms with van der Waals surface area (Å²) in [5.74, 6) is 0.116. The van der Waals surface area contributed by atoms with Crippen LogP contribution in [0.15, 0.2) is 22.5 Å². The zero-order chi connectivity index (χ0) is 14.0. The van der Waals surface area contributed by atoms with E-state index >= 15 is 0 Å². The number of sulfone groups is 1. The number of aromatic nitrogens is 1. The Hall–Kier alpha value is -1.25. The largest absolute Gasteiger partial charge is 0.376 e. The summed E-state index contributed by atoms with van der Waals surface area (Å²) in [4.78, 5) is 4.16. The maximum Gasteiger partial charge on any atom is 0.210 e. The van der Waals surface area contributed by atoms with Gasteiger partial charge in [-0.1, -0.05) is 6.92 Å². The lowest BCUT2D eigenvalue weighted by atomic mass is 10.3. The molecule has 0 bridgehead atoms. The minimum absolute atomic E-state index is 0.116. The van der Waals surface area contributed by atoms with Crippen molar-refractivity contribution in [2.75, 3.05) is 11.1 Å². The van der Waals surface area contributed by atoms with Crippen molar-refractivity contribution in [2.45, 2.75) is 17.7 Å². The first-order chi connectivity index (χ1) is 8.92. The molecule has 5 nitrogen and oxygen atoms in total. The number of rotatable bonds is 4. The van der Waals surface area contributed by atoms with Crippen molar-refractivity contribution in [3.63, 3.8) is 0 Å². The zero-order valence-electron chi connectivity index (χ0n) is 10.2. The van der Waals surface area contributed by atoms with E-state index in [-0.39, 0.29) is 15.2 Å². The molecule has 102 valence electrons. The van der Waals surface area contributed by atoms with Crippen molar-refractivity contribution in [3.8, 4) is 0 Å². The van der Waals surface area contributed by atoms with Crippen LogP contribution in [0.4, 0.5) is 5.69 Å². The molecule has 1 aromatic heterocycles. The van der Waals surface area contributed by atoms with Crippen LogP contribution in [0.3, 0.4) is 0 Å². The third-order valence-corrected chi connectivity index (χ3v) is 5.87. The molecule has 1 heterocycles. The van der Waals surface area contributed by atoms with Crippen LogP contribution in [0.25, 0.3) is 10.2 Å². The van der Waals surface area contributed by atoms with Crippen molar-refractivity contribution < 1.29 is 8.42 Å². The Morgan fingerprint density at radius 1 is 1.53 bits per heavy atom. The molecule has 0 aliphatic rings. The summed E-state index contributed by atoms with van der Waals surface area (Å²) in [5.41, 5.74) is 6.78. The van der Waals surface area contributed by atoms with Crippen LogP contribution in [0.5, 0.6) is 0 Å². The van der Waals surface area contributed by atoms with Gasteiger partial charge in [0.2, 0.25) is 14.2 Å². The van der Waals surface area contributed by atoms with Crippen LogP contribution in [0, 0.1) is 0 Å². The van der Waals surface area contributed by atoms with Crippen LogP contribution in [-0.2, 0) is 9.84 Å². The first kappa shape index (κ1) is 14.2. The molecule has 0 aliphatic carbocycles. The number of hydrogen-bond acceptors (Lipinski definition) is 5. The molecule has 19 heavy (non-hydrogen) atoms. The van der Waals surface area contributed by atoms with Crippen molar-refractivity contribution >= 4 is 54.4 Å². The molecular formula is C11H13N3O2S3. The normalized spacial score (nSPS) is 11.6. The Morgan fingerprint density at radius 3 is 2.89 bits per heavy atom. The van der Waals surface area contributed by atoms with Crippen LogP contribution in [0.1, 0.15) is 13.3 Å². The van der Waals surface area contributed by atoms with Gasteiger partial charge in [0.05, 0.1) is 16.0 Å². The third-order valence-electron chi connectivity index (χ3n) is 2.38. The van der Waals surface area contributed by atoms with E-state index in [2.05, 4.69) is 10.3 Å². The highest BCUT2D eigenvalue weighted by Gasteiger charge is 2.18. The highest BCUT2D eigenvalue weighted by Crippen LogP contribution is 2.28. The number of anilines is 1. The van der Waals surface area contributed by atoms with Crippen molar-refractivity contribution in [2.24, 2.45) is 5.73 Å². The van der Waals surface area contributed by atoms with Gasteiger partial charge in [-0.15, -0.1) is 11.3 Å². The summed E-state index contributed by atoms with van der Waals surface area (Å²) in [6, 6.07) is 5.30. The van der Waals surface area contributed by atoms with Gasteiger partial charge in [-0.25, -0.2) is 13.4 Å². The van der Waals surface area contributed by atoms with Gasteiger partial charge in [-0.2, -0.15) is 0 Å². The fraction of sp³-hybridized carbons (Fsp3) is 0.273. The summed E-state index contributed by atoms with van der Waals surface area (Å²) in [6.07, 6.45) is 0.576. The molecule has 8 heteroatoms. The molecular weight excluding hydrogens is 302 g/mol. The summed E-state index contributed by atoms with van der Waals surface area (Å²) < 4.78 is 24.9. The second kappa shape index (κ2) is 5.40. The number of nitrogens with zero attached hydrogens (tertiary/aromatic N) is 1. The minimum atomic E-state index is -3.27. The molecule has 0 aliphatic heterocycles. The zero-order valence-corrected chi connectivity index (χ0v) is 12.7. The van der Waals surface area contributed by atoms with E-state index in [1.54, 1.807) is 18.2 Å². The standard InChI is InChI=1S/C11H13N3O2S3/c1-2-5-19(15,16)11-14-8-4-3-7(13-10(12)17)6-9(8)18-11/h3-4,6H,2,5H2,1H3,(H3,12,13,17). The van der Waals surface area contributed by atoms with E-state index < -0.39 is 9.84 Å². The van der Waals surface area contributed by atoms with Gasteiger partial charge in [-0.3, -0.25) is 0 Å². The number of nitrogens with one attached hydrogen (secondary N) is 1. The van der Waals surface area contributed by atoms with E-state index in [9.17, 15) is 8.42 Å². The Bertz CT molecular complexity index is 722. The molecule has 0 fully saturated rings. The lowest BCUT2D eigenvalue weighted by Gasteiger charge is -2.01. The first-order valence-electron chi connectivity index (χ1n) is 5.62. The van der Waals surface area contributed by atoms with Crippen LogP contribution >= 0.6 is 23.6 Å². The average molecular weight is 315 g/mol. The fourth-order valence-corrected chi connectivity index (χ4v) is 4.44. The topological polar surface area (TPSA) is 85.1 Å². The van der Waals surface area contributed by atoms with Gasteiger partial charge in [0, 0.05) is 5.69 Å². The van der Waals surface area contributed by atoms with Crippen molar-refractivity contribution in [1.29, 1.82) is 0 Å². The summed E-state index contributed by atoms with van der Waals surface area (Å²) >= 11 is 5.92. The van der Waals surface area contributed by atoms with Gasteiger partial charge >= 0.3 is 0 Å². The fourth-order valence-electron chi connectivity index (χ4n) is 1.61. The average Bonchev–Trinajstić information content (AvgIpc) is 2.71. The maximum atomic E-state index is 12.0. The van der Waals surface area contributed by atoms with Crippen molar-refractivity contribution in [1.82, 2.24) is 4.98 Å². The maximum absolute atomic E-state index is 12.0. The highest BCUT2D eigenvalue weighted by molar-refractivity contribution is 7.93. The predicted octanol–water partition coefficient (Wildman–Crippen LogP) is 2.14. The van der Waals surface area contributed by atoms with Crippen molar-refractivity contribution in [3.05, 3.63) is 18.2 Å².